The van der Waals surface area contributed by atoms with Gasteiger partial charge in [0.25, 0.3) is 0 Å². The number of pyridine rings is 2. The molecule has 0 bridgehead atoms. The number of nitrogens with zero attached hydrogens (tertiary/aromatic N) is 2. The minimum atomic E-state index is -0.634. The van der Waals surface area contributed by atoms with E-state index in [-0.39, 0.29) is 11.5 Å². The molecule has 5 heteroatoms. The standard InChI is InChI=1S/C23H23F2N2O/c1-11(2)15-9-17(27(6)10-14(15)5)19-12(3)7-16(24)21-20-13(4)8-18(25)26-23(20)28-22(19)21/h7-11H,1-6H3/q+1. The van der Waals surface area contributed by atoms with Gasteiger partial charge in [-0.3, -0.25) is 0 Å². The van der Waals surface area contributed by atoms with Crippen molar-refractivity contribution in [2.75, 3.05) is 0 Å². The summed E-state index contributed by atoms with van der Waals surface area (Å²) < 4.78 is 36.7. The van der Waals surface area contributed by atoms with Crippen molar-refractivity contribution in [2.24, 2.45) is 7.05 Å². The van der Waals surface area contributed by atoms with E-state index in [0.29, 0.717) is 27.8 Å². The van der Waals surface area contributed by atoms with Crippen LogP contribution in [0.1, 0.15) is 42.0 Å². The van der Waals surface area contributed by atoms with Crippen LogP contribution in [0.4, 0.5) is 8.78 Å². The fourth-order valence-corrected chi connectivity index (χ4v) is 4.15. The molecule has 0 aliphatic rings. The molecule has 0 fully saturated rings. The van der Waals surface area contributed by atoms with Crippen molar-refractivity contribution in [3.63, 3.8) is 0 Å². The third kappa shape index (κ3) is 2.68. The first-order valence-electron chi connectivity index (χ1n) is 9.38. The van der Waals surface area contributed by atoms with Gasteiger partial charge in [0, 0.05) is 11.6 Å². The first kappa shape index (κ1) is 18.5. The second-order valence-corrected chi connectivity index (χ2v) is 7.86. The van der Waals surface area contributed by atoms with Crippen LogP contribution in [0.15, 0.2) is 28.8 Å². The van der Waals surface area contributed by atoms with Gasteiger partial charge in [-0.1, -0.05) is 13.8 Å². The van der Waals surface area contributed by atoms with Crippen molar-refractivity contribution >= 4 is 22.1 Å². The van der Waals surface area contributed by atoms with Gasteiger partial charge in [-0.15, -0.1) is 0 Å². The molecule has 3 nitrogen and oxygen atoms in total. The number of fused-ring (bicyclic) bond motifs is 3. The van der Waals surface area contributed by atoms with E-state index in [1.54, 1.807) is 6.92 Å². The summed E-state index contributed by atoms with van der Waals surface area (Å²) in [6.07, 6.45) is 2.07. The molecule has 0 spiro atoms. The number of benzene rings is 1. The molecule has 0 radical (unpaired) electrons. The molecule has 28 heavy (non-hydrogen) atoms. The van der Waals surface area contributed by atoms with Gasteiger partial charge >= 0.3 is 0 Å². The van der Waals surface area contributed by atoms with Crippen LogP contribution in [-0.4, -0.2) is 4.98 Å². The van der Waals surface area contributed by atoms with Crippen LogP contribution in [0, 0.1) is 32.5 Å². The Morgan fingerprint density at radius 1 is 0.964 bits per heavy atom. The van der Waals surface area contributed by atoms with Crippen molar-refractivity contribution in [3.05, 3.63) is 58.4 Å². The number of hydrogen-bond acceptors (Lipinski definition) is 2. The van der Waals surface area contributed by atoms with Crippen LogP contribution in [0.25, 0.3) is 33.3 Å². The van der Waals surface area contributed by atoms with Crippen molar-refractivity contribution < 1.29 is 17.8 Å². The van der Waals surface area contributed by atoms with Crippen LogP contribution in [0.2, 0.25) is 0 Å². The monoisotopic (exact) mass is 381 g/mol. The van der Waals surface area contributed by atoms with Gasteiger partial charge in [0.1, 0.15) is 12.9 Å². The first-order chi connectivity index (χ1) is 13.2. The lowest BCUT2D eigenvalue weighted by Crippen LogP contribution is -2.32. The quantitative estimate of drug-likeness (QED) is 0.324. The van der Waals surface area contributed by atoms with Crippen molar-refractivity contribution in [2.45, 2.75) is 40.5 Å². The summed E-state index contributed by atoms with van der Waals surface area (Å²) in [6, 6.07) is 4.96. The molecule has 3 aromatic heterocycles. The highest BCUT2D eigenvalue weighted by Crippen LogP contribution is 2.40. The summed E-state index contributed by atoms with van der Waals surface area (Å²) in [7, 11) is 1.97. The molecule has 144 valence electrons. The van der Waals surface area contributed by atoms with Crippen LogP contribution in [-0.2, 0) is 7.05 Å². The molecule has 0 unspecified atom stereocenters. The maximum absolute atomic E-state index is 15.0. The highest BCUT2D eigenvalue weighted by Gasteiger charge is 2.26. The molecule has 4 rings (SSSR count). The van der Waals surface area contributed by atoms with Gasteiger partial charge < -0.3 is 4.42 Å². The van der Waals surface area contributed by atoms with Crippen LogP contribution >= 0.6 is 0 Å². The normalized spacial score (nSPS) is 11.9. The highest BCUT2D eigenvalue weighted by atomic mass is 19.1. The Kier molecular flexibility index (Phi) is 4.21. The maximum atomic E-state index is 15.0. The third-order valence-electron chi connectivity index (χ3n) is 5.42. The zero-order valence-electron chi connectivity index (χ0n) is 16.9. The van der Waals surface area contributed by atoms with Gasteiger partial charge in [-0.25, -0.2) is 8.96 Å². The SMILES string of the molecule is Cc1c[n+](C)c(-c2c(C)cc(F)c3c2oc2nc(F)cc(C)c23)cc1C(C)C. The van der Waals surface area contributed by atoms with E-state index in [1.807, 2.05) is 18.5 Å². The summed E-state index contributed by atoms with van der Waals surface area (Å²) in [4.78, 5) is 3.85. The van der Waals surface area contributed by atoms with Crippen molar-refractivity contribution in [1.29, 1.82) is 0 Å². The average Bonchev–Trinajstić information content (AvgIpc) is 2.95. The van der Waals surface area contributed by atoms with E-state index in [4.69, 9.17) is 4.42 Å². The minimum Gasteiger partial charge on any atom is -0.437 e. The Morgan fingerprint density at radius 2 is 1.68 bits per heavy atom. The van der Waals surface area contributed by atoms with Crippen LogP contribution in [0.5, 0.6) is 0 Å². The molecule has 0 aliphatic heterocycles. The molecular weight excluding hydrogens is 358 g/mol. The minimum absolute atomic E-state index is 0.122. The fraction of sp³-hybridized carbons (Fsp3) is 0.304. The second-order valence-electron chi connectivity index (χ2n) is 7.86. The summed E-state index contributed by atoms with van der Waals surface area (Å²) in [5.41, 5.74) is 6.04. The predicted octanol–water partition coefficient (Wildman–Crippen LogP) is 5.80. The Morgan fingerprint density at radius 3 is 2.36 bits per heavy atom. The smallest absolute Gasteiger partial charge is 0.230 e. The Balaban J connectivity index is 2.17. The number of furan rings is 1. The van der Waals surface area contributed by atoms with E-state index in [0.717, 1.165) is 16.8 Å². The number of rotatable bonds is 2. The van der Waals surface area contributed by atoms with Gasteiger partial charge in [-0.05, 0) is 55.5 Å². The first-order valence-corrected chi connectivity index (χ1v) is 9.38. The topological polar surface area (TPSA) is 29.9 Å². The van der Waals surface area contributed by atoms with E-state index in [2.05, 4.69) is 38.0 Å². The van der Waals surface area contributed by atoms with Crippen LogP contribution < -0.4 is 4.57 Å². The Labute approximate surface area is 162 Å². The van der Waals surface area contributed by atoms with Gasteiger partial charge in [-0.2, -0.15) is 9.37 Å². The van der Waals surface area contributed by atoms with E-state index in [1.165, 1.54) is 23.3 Å². The highest BCUT2D eigenvalue weighted by molar-refractivity contribution is 6.10. The fourth-order valence-electron chi connectivity index (χ4n) is 4.15. The number of aryl methyl sites for hydroxylation is 4. The lowest BCUT2D eigenvalue weighted by atomic mass is 9.94. The van der Waals surface area contributed by atoms with E-state index in [9.17, 15) is 8.78 Å². The molecule has 0 saturated carbocycles. The lowest BCUT2D eigenvalue weighted by molar-refractivity contribution is -0.660. The molecule has 4 aromatic rings. The van der Waals surface area contributed by atoms with Gasteiger partial charge in [0.15, 0.2) is 11.8 Å². The van der Waals surface area contributed by atoms with E-state index < -0.39 is 5.95 Å². The summed E-state index contributed by atoms with van der Waals surface area (Å²) in [5, 5.41) is 0.876. The summed E-state index contributed by atoms with van der Waals surface area (Å²) in [6.45, 7) is 9.99. The molecular formula is C23H23F2N2O+. The van der Waals surface area contributed by atoms with Crippen molar-refractivity contribution in [1.82, 2.24) is 4.98 Å². The summed E-state index contributed by atoms with van der Waals surface area (Å²) >= 11 is 0. The molecule has 0 N–H and O–H groups in total. The second kappa shape index (κ2) is 6.36. The third-order valence-corrected chi connectivity index (χ3v) is 5.42. The molecule has 0 saturated heterocycles. The zero-order valence-corrected chi connectivity index (χ0v) is 16.9. The summed E-state index contributed by atoms with van der Waals surface area (Å²) in [5.74, 6) is -0.666. The largest absolute Gasteiger partial charge is 0.437 e. The van der Waals surface area contributed by atoms with Crippen molar-refractivity contribution in [3.8, 4) is 11.3 Å². The molecule has 0 amide bonds. The molecule has 1 aromatic carbocycles. The lowest BCUT2D eigenvalue weighted by Gasteiger charge is -2.12. The molecule has 0 aliphatic carbocycles. The molecule has 0 atom stereocenters. The number of halogens is 2. The number of aromatic nitrogens is 2. The maximum Gasteiger partial charge on any atom is 0.230 e. The van der Waals surface area contributed by atoms with E-state index >= 15 is 0 Å². The molecule has 3 heterocycles. The van der Waals surface area contributed by atoms with Crippen LogP contribution in [0.3, 0.4) is 0 Å². The zero-order chi connectivity index (χ0) is 20.3. The predicted molar refractivity (Wildman–Crippen MR) is 106 cm³/mol. The Hall–Kier alpha value is -2.82. The van der Waals surface area contributed by atoms with Gasteiger partial charge in [0.2, 0.25) is 17.4 Å². The van der Waals surface area contributed by atoms with Gasteiger partial charge in [0.05, 0.1) is 16.3 Å². The Bertz CT molecular complexity index is 1260. The number of hydrogen-bond donors (Lipinski definition) is 0. The average molecular weight is 381 g/mol.